The van der Waals surface area contributed by atoms with Crippen LogP contribution in [0.4, 0.5) is 15.2 Å². The van der Waals surface area contributed by atoms with Crippen LogP contribution in [0.25, 0.3) is 10.4 Å². The van der Waals surface area contributed by atoms with Crippen molar-refractivity contribution in [3.05, 3.63) is 65.1 Å². The van der Waals surface area contributed by atoms with Gasteiger partial charge in [0.1, 0.15) is 22.3 Å². The second-order valence-electron chi connectivity index (χ2n) is 8.83. The minimum atomic E-state index is -0.752. The number of pyridine rings is 1. The van der Waals surface area contributed by atoms with E-state index < -0.39 is 17.8 Å². The van der Waals surface area contributed by atoms with Gasteiger partial charge in [-0.15, -0.1) is 11.3 Å². The maximum absolute atomic E-state index is 14.9. The van der Waals surface area contributed by atoms with Gasteiger partial charge < -0.3 is 26.2 Å². The van der Waals surface area contributed by atoms with Crippen LogP contribution in [0.5, 0.6) is 0 Å². The van der Waals surface area contributed by atoms with Gasteiger partial charge in [-0.3, -0.25) is 9.59 Å². The number of thiophene rings is 1. The Hall–Kier alpha value is -3.34. The predicted molar refractivity (Wildman–Crippen MR) is 137 cm³/mol. The molecule has 1 atom stereocenters. The first-order valence-electron chi connectivity index (χ1n) is 11.9. The summed E-state index contributed by atoms with van der Waals surface area (Å²) in [4.78, 5) is 31.7. The van der Waals surface area contributed by atoms with Crippen molar-refractivity contribution in [2.45, 2.75) is 32.3 Å². The summed E-state index contributed by atoms with van der Waals surface area (Å²) >= 11 is 1.14. The fourth-order valence-electron chi connectivity index (χ4n) is 4.19. The van der Waals surface area contributed by atoms with Gasteiger partial charge >= 0.3 is 0 Å². The Balaban J connectivity index is 1.57. The van der Waals surface area contributed by atoms with Gasteiger partial charge in [0.15, 0.2) is 0 Å². The van der Waals surface area contributed by atoms with Gasteiger partial charge in [-0.1, -0.05) is 25.1 Å². The number of aliphatic hydroxyl groups is 2. The summed E-state index contributed by atoms with van der Waals surface area (Å²) in [5.41, 5.74) is 6.78. The molecule has 0 spiro atoms. The molecule has 1 aliphatic rings. The van der Waals surface area contributed by atoms with Crippen LogP contribution >= 0.6 is 11.3 Å². The second-order valence-corrected chi connectivity index (χ2v) is 9.88. The number of aliphatic hydroxyl groups excluding tert-OH is 2. The zero-order chi connectivity index (χ0) is 25.8. The van der Waals surface area contributed by atoms with Gasteiger partial charge in [-0.25, -0.2) is 9.37 Å². The van der Waals surface area contributed by atoms with Crippen LogP contribution in [0.3, 0.4) is 0 Å². The van der Waals surface area contributed by atoms with E-state index in [1.165, 1.54) is 12.1 Å². The molecule has 8 nitrogen and oxygen atoms in total. The normalized spacial score (nSPS) is 15.1. The molecule has 2 aromatic heterocycles. The molecule has 2 amide bonds. The van der Waals surface area contributed by atoms with Crippen molar-refractivity contribution in [2.24, 2.45) is 11.7 Å². The highest BCUT2D eigenvalue weighted by Gasteiger charge is 2.24. The third-order valence-corrected chi connectivity index (χ3v) is 7.48. The van der Waals surface area contributed by atoms with E-state index in [1.54, 1.807) is 35.2 Å². The van der Waals surface area contributed by atoms with Crippen LogP contribution in [0.1, 0.15) is 58.7 Å². The highest BCUT2D eigenvalue weighted by molar-refractivity contribution is 7.20. The Morgan fingerprint density at radius 2 is 2.00 bits per heavy atom. The Labute approximate surface area is 212 Å². The third-order valence-electron chi connectivity index (χ3n) is 6.40. The highest BCUT2D eigenvalue weighted by atomic mass is 32.1. The smallest absolute Gasteiger partial charge is 0.272 e. The molecule has 1 unspecified atom stereocenters. The molecule has 1 fully saturated rings. The Morgan fingerprint density at radius 1 is 1.25 bits per heavy atom. The van der Waals surface area contributed by atoms with E-state index in [-0.39, 0.29) is 35.3 Å². The average molecular weight is 513 g/mol. The van der Waals surface area contributed by atoms with Gasteiger partial charge in [-0.05, 0) is 55.0 Å². The van der Waals surface area contributed by atoms with Gasteiger partial charge in [0.05, 0.1) is 11.7 Å². The van der Waals surface area contributed by atoms with E-state index in [9.17, 15) is 24.2 Å². The maximum Gasteiger partial charge on any atom is 0.272 e. The van der Waals surface area contributed by atoms with E-state index in [4.69, 9.17) is 5.73 Å². The minimum absolute atomic E-state index is 0.124. The molecule has 0 radical (unpaired) electrons. The number of benzene rings is 1. The number of nitrogens with two attached hydrogens (primary N) is 1. The summed E-state index contributed by atoms with van der Waals surface area (Å²) < 4.78 is 14.9. The molecular formula is C26H29FN4O4S. The third kappa shape index (κ3) is 5.56. The van der Waals surface area contributed by atoms with Gasteiger partial charge in [0.2, 0.25) is 0 Å². The summed E-state index contributed by atoms with van der Waals surface area (Å²) in [7, 11) is 0. The predicted octanol–water partition coefficient (Wildman–Crippen LogP) is 4.08. The summed E-state index contributed by atoms with van der Waals surface area (Å²) in [5, 5.41) is 22.7. The fourth-order valence-corrected chi connectivity index (χ4v) is 5.29. The van der Waals surface area contributed by atoms with Crippen LogP contribution in [0, 0.1) is 11.7 Å². The standard InChI is InChI=1S/C26H29FN4O4S/c1-2-21(33)16-6-7-17(19(27)12-16)22-13-18(24(28)34)25(36-22)30-23-5-3-4-20(29-23)26(35)31-10-8-15(14-32)9-11-31/h3-7,12-13,15,21,32-33H,2,8-11,14H2,1H3,(H2,28,34)(H,29,30). The molecule has 1 aromatic carbocycles. The monoisotopic (exact) mass is 512 g/mol. The molecule has 3 heterocycles. The molecule has 3 aromatic rings. The van der Waals surface area contributed by atoms with Crippen LogP contribution < -0.4 is 11.1 Å². The van der Waals surface area contributed by atoms with Crippen molar-refractivity contribution < 1.29 is 24.2 Å². The van der Waals surface area contributed by atoms with Crippen molar-refractivity contribution in [1.82, 2.24) is 9.88 Å². The number of nitrogens with one attached hydrogen (secondary N) is 1. The zero-order valence-corrected chi connectivity index (χ0v) is 20.7. The van der Waals surface area contributed by atoms with Crippen molar-refractivity contribution in [3.63, 3.8) is 0 Å². The molecule has 190 valence electrons. The number of carbonyl (C=O) groups excluding carboxylic acids is 2. The lowest BCUT2D eigenvalue weighted by molar-refractivity contribution is 0.0645. The number of piperidine rings is 1. The number of nitrogens with zero attached hydrogens (tertiary/aromatic N) is 2. The SMILES string of the molecule is CCC(O)c1ccc(-c2cc(C(N)=O)c(Nc3cccc(C(=O)N4CCC(CO)CC4)n3)s2)c(F)c1. The number of hydrogen-bond donors (Lipinski definition) is 4. The van der Waals surface area contributed by atoms with Gasteiger partial charge in [-0.2, -0.15) is 0 Å². The van der Waals surface area contributed by atoms with Crippen LogP contribution in [0.15, 0.2) is 42.5 Å². The largest absolute Gasteiger partial charge is 0.396 e. The molecule has 4 rings (SSSR count). The van der Waals surface area contributed by atoms with Crippen molar-refractivity contribution in [3.8, 4) is 10.4 Å². The number of rotatable bonds is 8. The lowest BCUT2D eigenvalue weighted by atomic mass is 9.98. The number of hydrogen-bond acceptors (Lipinski definition) is 7. The number of likely N-dealkylation sites (tertiary alicyclic amines) is 1. The zero-order valence-electron chi connectivity index (χ0n) is 19.9. The van der Waals surface area contributed by atoms with E-state index in [0.717, 1.165) is 24.2 Å². The Bertz CT molecular complexity index is 1260. The number of halogens is 1. The first-order chi connectivity index (χ1) is 17.3. The Morgan fingerprint density at radius 3 is 2.64 bits per heavy atom. The topological polar surface area (TPSA) is 129 Å². The number of anilines is 2. The van der Waals surface area contributed by atoms with Crippen LogP contribution in [-0.2, 0) is 0 Å². The average Bonchev–Trinajstić information content (AvgIpc) is 3.31. The van der Waals surface area contributed by atoms with Crippen LogP contribution in [0.2, 0.25) is 0 Å². The molecule has 1 aliphatic heterocycles. The molecular weight excluding hydrogens is 483 g/mol. The summed E-state index contributed by atoms with van der Waals surface area (Å²) in [6.07, 6.45) is 1.20. The molecule has 5 N–H and O–H groups in total. The van der Waals surface area contributed by atoms with Crippen molar-refractivity contribution in [1.29, 1.82) is 0 Å². The lowest BCUT2D eigenvalue weighted by Gasteiger charge is -2.30. The number of amides is 2. The Kier molecular flexibility index (Phi) is 7.97. The maximum atomic E-state index is 14.9. The van der Waals surface area contributed by atoms with E-state index in [0.29, 0.717) is 40.8 Å². The van der Waals surface area contributed by atoms with Crippen molar-refractivity contribution in [2.75, 3.05) is 25.0 Å². The molecule has 36 heavy (non-hydrogen) atoms. The molecule has 1 saturated heterocycles. The fraction of sp³-hybridized carbons (Fsp3) is 0.346. The summed E-state index contributed by atoms with van der Waals surface area (Å²) in [6, 6.07) is 11.0. The number of primary amides is 1. The van der Waals surface area contributed by atoms with Crippen LogP contribution in [-0.4, -0.2) is 51.6 Å². The van der Waals surface area contributed by atoms with E-state index in [2.05, 4.69) is 10.3 Å². The van der Waals surface area contributed by atoms with Gasteiger partial charge in [0.25, 0.3) is 11.8 Å². The first kappa shape index (κ1) is 25.7. The van der Waals surface area contributed by atoms with E-state index >= 15 is 0 Å². The van der Waals surface area contributed by atoms with Crippen molar-refractivity contribution >= 4 is 34.0 Å². The molecule has 10 heteroatoms. The number of carbonyl (C=O) groups is 2. The van der Waals surface area contributed by atoms with Gasteiger partial charge in [0, 0.05) is 30.1 Å². The second kappa shape index (κ2) is 11.2. The molecule has 0 bridgehead atoms. The highest BCUT2D eigenvalue weighted by Crippen LogP contribution is 2.38. The lowest BCUT2D eigenvalue weighted by Crippen LogP contribution is -2.39. The summed E-state index contributed by atoms with van der Waals surface area (Å²) in [5.74, 6) is -0.831. The quantitative estimate of drug-likeness (QED) is 0.360. The number of aromatic nitrogens is 1. The first-order valence-corrected chi connectivity index (χ1v) is 12.7. The summed E-state index contributed by atoms with van der Waals surface area (Å²) in [6.45, 7) is 3.05. The minimum Gasteiger partial charge on any atom is -0.396 e. The molecule has 0 saturated carbocycles. The van der Waals surface area contributed by atoms with E-state index in [1.807, 2.05) is 6.92 Å². The molecule has 0 aliphatic carbocycles.